The summed E-state index contributed by atoms with van der Waals surface area (Å²) in [5, 5.41) is 9.09. The van der Waals surface area contributed by atoms with Crippen LogP contribution in [0.4, 0.5) is 4.79 Å². The van der Waals surface area contributed by atoms with E-state index in [0.29, 0.717) is 5.06 Å². The van der Waals surface area contributed by atoms with Crippen molar-refractivity contribution in [3.05, 3.63) is 41.5 Å². The summed E-state index contributed by atoms with van der Waals surface area (Å²) >= 11 is 3.01. The Hall–Kier alpha value is -1.46. The van der Waals surface area contributed by atoms with E-state index in [-0.39, 0.29) is 10.8 Å². The molecule has 0 radical (unpaired) electrons. The van der Waals surface area contributed by atoms with Gasteiger partial charge in [0.05, 0.1) is 4.21 Å². The molecule has 0 bridgehead atoms. The van der Waals surface area contributed by atoms with Crippen LogP contribution < -0.4 is 4.74 Å². The zero-order chi connectivity index (χ0) is 17.5. The maximum absolute atomic E-state index is 10.6. The van der Waals surface area contributed by atoms with E-state index in [9.17, 15) is 4.79 Å². The fraction of sp³-hybridized carbons (Fsp3) is 0.421. The predicted molar refractivity (Wildman–Crippen MR) is 98.8 cm³/mol. The highest BCUT2D eigenvalue weighted by Gasteiger charge is 2.36. The van der Waals surface area contributed by atoms with Crippen LogP contribution in [0.15, 0.2) is 39.4 Å². The molecule has 5 heteroatoms. The van der Waals surface area contributed by atoms with E-state index < -0.39 is 6.16 Å². The van der Waals surface area contributed by atoms with Crippen LogP contribution in [0.2, 0.25) is 0 Å². The molecular formula is C19H22O3S2. The lowest BCUT2D eigenvalue weighted by atomic mass is 9.63. The Balaban J connectivity index is 1.88. The number of rotatable bonds is 3. The molecule has 1 aromatic heterocycles. The number of ether oxygens (including phenoxy) is 1. The van der Waals surface area contributed by atoms with Crippen LogP contribution >= 0.6 is 23.1 Å². The molecule has 0 fully saturated rings. The second-order valence-electron chi connectivity index (χ2n) is 7.52. The zero-order valence-corrected chi connectivity index (χ0v) is 16.0. The van der Waals surface area contributed by atoms with Gasteiger partial charge in [-0.25, -0.2) is 4.79 Å². The van der Waals surface area contributed by atoms with Crippen molar-refractivity contribution in [3.63, 3.8) is 0 Å². The van der Waals surface area contributed by atoms with Gasteiger partial charge in [0.2, 0.25) is 0 Å². The average molecular weight is 363 g/mol. The van der Waals surface area contributed by atoms with E-state index in [1.165, 1.54) is 40.2 Å². The van der Waals surface area contributed by atoms with Crippen LogP contribution in [0.5, 0.6) is 5.06 Å². The van der Waals surface area contributed by atoms with Crippen molar-refractivity contribution in [2.24, 2.45) is 0 Å². The first-order valence-electron chi connectivity index (χ1n) is 8.01. The van der Waals surface area contributed by atoms with Gasteiger partial charge in [-0.3, -0.25) is 0 Å². The maximum Gasteiger partial charge on any atom is 0.512 e. The number of hydrogen-bond acceptors (Lipinski definition) is 4. The topological polar surface area (TPSA) is 46.5 Å². The Labute approximate surface area is 151 Å². The first-order valence-corrected chi connectivity index (χ1v) is 9.64. The molecule has 2 aromatic rings. The molecule has 1 N–H and O–H groups in total. The molecule has 24 heavy (non-hydrogen) atoms. The quantitative estimate of drug-likeness (QED) is 0.650. The van der Waals surface area contributed by atoms with E-state index in [4.69, 9.17) is 9.84 Å². The van der Waals surface area contributed by atoms with Crippen LogP contribution in [0.1, 0.15) is 51.7 Å². The first kappa shape index (κ1) is 17.4. The highest BCUT2D eigenvalue weighted by Crippen LogP contribution is 2.47. The Morgan fingerprint density at radius 1 is 1.08 bits per heavy atom. The van der Waals surface area contributed by atoms with Crippen LogP contribution in [0.25, 0.3) is 0 Å². The third-order valence-corrected chi connectivity index (χ3v) is 6.87. The number of hydrogen-bond donors (Lipinski definition) is 1. The molecule has 3 nitrogen and oxygen atoms in total. The molecule has 0 aliphatic heterocycles. The SMILES string of the molecule is CC1(C)CCC(C)(C)c2cc(Sc3ccc(OC(=O)O)s3)ccc21. The van der Waals surface area contributed by atoms with Gasteiger partial charge in [-0.2, -0.15) is 0 Å². The molecule has 0 unspecified atom stereocenters. The van der Waals surface area contributed by atoms with E-state index in [1.807, 2.05) is 6.07 Å². The minimum absolute atomic E-state index is 0.189. The average Bonchev–Trinajstić information content (AvgIpc) is 2.90. The summed E-state index contributed by atoms with van der Waals surface area (Å²) in [5.74, 6) is 0. The number of thiophene rings is 1. The van der Waals surface area contributed by atoms with Crippen molar-refractivity contribution >= 4 is 29.3 Å². The zero-order valence-electron chi connectivity index (χ0n) is 14.4. The van der Waals surface area contributed by atoms with Gasteiger partial charge in [-0.15, -0.1) is 0 Å². The molecule has 1 aliphatic carbocycles. The van der Waals surface area contributed by atoms with E-state index in [1.54, 1.807) is 17.8 Å². The Morgan fingerprint density at radius 3 is 2.42 bits per heavy atom. The summed E-state index contributed by atoms with van der Waals surface area (Å²) in [6.07, 6.45) is 1.13. The molecule has 1 aromatic carbocycles. The van der Waals surface area contributed by atoms with E-state index in [2.05, 4.69) is 45.9 Å². The summed E-state index contributed by atoms with van der Waals surface area (Å²) in [5.41, 5.74) is 3.29. The van der Waals surface area contributed by atoms with Crippen LogP contribution in [-0.4, -0.2) is 11.3 Å². The van der Waals surface area contributed by atoms with Crippen molar-refractivity contribution in [1.82, 2.24) is 0 Å². The Bertz CT molecular complexity index is 775. The molecule has 0 saturated carbocycles. The van der Waals surface area contributed by atoms with E-state index in [0.717, 1.165) is 4.21 Å². The predicted octanol–water partition coefficient (Wildman–Crippen LogP) is 6.31. The minimum Gasteiger partial charge on any atom is -0.449 e. The lowest BCUT2D eigenvalue weighted by Gasteiger charge is -2.42. The smallest absolute Gasteiger partial charge is 0.449 e. The number of carboxylic acid groups (broad SMARTS) is 1. The molecule has 3 rings (SSSR count). The van der Waals surface area contributed by atoms with Gasteiger partial charge < -0.3 is 9.84 Å². The summed E-state index contributed by atoms with van der Waals surface area (Å²) < 4.78 is 5.73. The highest BCUT2D eigenvalue weighted by atomic mass is 32.2. The fourth-order valence-corrected chi connectivity index (χ4v) is 5.21. The van der Waals surface area contributed by atoms with Gasteiger partial charge in [-0.1, -0.05) is 56.9 Å². The van der Waals surface area contributed by atoms with Crippen LogP contribution in [0.3, 0.4) is 0 Å². The Kier molecular flexibility index (Phi) is 4.43. The van der Waals surface area contributed by atoms with Gasteiger partial charge >= 0.3 is 6.16 Å². The Morgan fingerprint density at radius 2 is 1.75 bits per heavy atom. The summed E-state index contributed by atoms with van der Waals surface area (Å²) in [6, 6.07) is 10.3. The van der Waals surface area contributed by atoms with Crippen LogP contribution in [0, 0.1) is 0 Å². The van der Waals surface area contributed by atoms with Gasteiger partial charge in [0.1, 0.15) is 0 Å². The third-order valence-electron chi connectivity index (χ3n) is 4.79. The van der Waals surface area contributed by atoms with Gasteiger partial charge in [0, 0.05) is 4.90 Å². The summed E-state index contributed by atoms with van der Waals surface area (Å²) in [6.45, 7) is 9.28. The molecule has 0 saturated heterocycles. The van der Waals surface area contributed by atoms with Gasteiger partial charge in [0.25, 0.3) is 0 Å². The maximum atomic E-state index is 10.6. The molecule has 0 spiro atoms. The van der Waals surface area contributed by atoms with Gasteiger partial charge in [0.15, 0.2) is 5.06 Å². The molecule has 1 aliphatic rings. The number of fused-ring (bicyclic) bond motifs is 1. The second-order valence-corrected chi connectivity index (χ2v) is 9.94. The molecule has 0 atom stereocenters. The standard InChI is InChI=1S/C19H22O3S2/c1-18(2)9-10-19(3,4)14-11-12(5-6-13(14)18)23-16-8-7-15(24-16)22-17(20)21/h5-8,11H,9-10H2,1-4H3,(H,20,21). The third kappa shape index (κ3) is 3.47. The number of benzene rings is 1. The van der Waals surface area contributed by atoms with Crippen molar-refractivity contribution in [2.75, 3.05) is 0 Å². The summed E-state index contributed by atoms with van der Waals surface area (Å²) in [7, 11) is 0. The van der Waals surface area contributed by atoms with Gasteiger partial charge in [-0.05, 0) is 59.1 Å². The minimum atomic E-state index is -1.27. The monoisotopic (exact) mass is 362 g/mol. The lowest BCUT2D eigenvalue weighted by molar-refractivity contribution is 0.146. The highest BCUT2D eigenvalue weighted by molar-refractivity contribution is 8.01. The first-order chi connectivity index (χ1) is 11.2. The van der Waals surface area contributed by atoms with Crippen molar-refractivity contribution in [2.45, 2.75) is 60.5 Å². The molecule has 128 valence electrons. The lowest BCUT2D eigenvalue weighted by Crippen LogP contribution is -2.33. The molecular weight excluding hydrogens is 340 g/mol. The second kappa shape index (κ2) is 6.12. The van der Waals surface area contributed by atoms with Crippen molar-refractivity contribution in [3.8, 4) is 5.06 Å². The van der Waals surface area contributed by atoms with Crippen molar-refractivity contribution < 1.29 is 14.6 Å². The molecule has 0 amide bonds. The molecule has 1 heterocycles. The normalized spacial score (nSPS) is 18.0. The van der Waals surface area contributed by atoms with Crippen molar-refractivity contribution in [1.29, 1.82) is 0 Å². The largest absolute Gasteiger partial charge is 0.512 e. The number of carbonyl (C=O) groups is 1. The van der Waals surface area contributed by atoms with Crippen LogP contribution in [-0.2, 0) is 10.8 Å². The summed E-state index contributed by atoms with van der Waals surface area (Å²) in [4.78, 5) is 11.8. The fourth-order valence-electron chi connectivity index (χ4n) is 3.25. The van der Waals surface area contributed by atoms with E-state index >= 15 is 0 Å².